The number of aryl methyl sites for hydroxylation is 1. The van der Waals surface area contributed by atoms with E-state index in [1.54, 1.807) is 42.5 Å². The molecule has 3 aromatic carbocycles. The summed E-state index contributed by atoms with van der Waals surface area (Å²) >= 11 is 1.53. The first-order chi connectivity index (χ1) is 14.4. The molecule has 0 aliphatic carbocycles. The van der Waals surface area contributed by atoms with Crippen LogP contribution in [0.5, 0.6) is 0 Å². The first kappa shape index (κ1) is 21.7. The van der Waals surface area contributed by atoms with Crippen molar-refractivity contribution in [3.8, 4) is 0 Å². The standard InChI is InChI=1S/C23H22N2O3S2/c1-3-16-29-22-7-5-4-6-21(22)23(26)24-18-12-14-20(15-13-18)30(27,28)25-19-10-8-17(2)9-11-19/h3-15,25H,1,16H2,2H3,(H,24,26). The highest BCUT2D eigenvalue weighted by Crippen LogP contribution is 2.24. The molecule has 7 heteroatoms. The summed E-state index contributed by atoms with van der Waals surface area (Å²) in [6.45, 7) is 5.63. The van der Waals surface area contributed by atoms with Crippen LogP contribution in [0, 0.1) is 6.92 Å². The van der Waals surface area contributed by atoms with Gasteiger partial charge in [0.1, 0.15) is 0 Å². The number of anilines is 2. The van der Waals surface area contributed by atoms with Crippen molar-refractivity contribution < 1.29 is 13.2 Å². The van der Waals surface area contributed by atoms with E-state index in [0.717, 1.165) is 10.5 Å². The number of thioether (sulfide) groups is 1. The lowest BCUT2D eigenvalue weighted by Crippen LogP contribution is -2.14. The summed E-state index contributed by atoms with van der Waals surface area (Å²) in [4.78, 5) is 13.6. The van der Waals surface area contributed by atoms with Gasteiger partial charge < -0.3 is 5.32 Å². The van der Waals surface area contributed by atoms with E-state index < -0.39 is 10.0 Å². The van der Waals surface area contributed by atoms with E-state index >= 15 is 0 Å². The van der Waals surface area contributed by atoms with Crippen LogP contribution >= 0.6 is 11.8 Å². The van der Waals surface area contributed by atoms with Crippen molar-refractivity contribution in [2.45, 2.75) is 16.7 Å². The molecule has 0 saturated heterocycles. The Hall–Kier alpha value is -3.03. The van der Waals surface area contributed by atoms with Crippen LogP contribution in [-0.2, 0) is 10.0 Å². The lowest BCUT2D eigenvalue weighted by atomic mass is 10.2. The number of carbonyl (C=O) groups excluding carboxylic acids is 1. The molecule has 1 amide bonds. The van der Waals surface area contributed by atoms with Crippen molar-refractivity contribution in [1.29, 1.82) is 0 Å². The fourth-order valence-corrected chi connectivity index (χ4v) is 4.53. The largest absolute Gasteiger partial charge is 0.322 e. The average Bonchev–Trinajstić information content (AvgIpc) is 2.74. The third kappa shape index (κ3) is 5.52. The third-order valence-corrected chi connectivity index (χ3v) is 6.68. The summed E-state index contributed by atoms with van der Waals surface area (Å²) in [5, 5.41) is 2.82. The fourth-order valence-electron chi connectivity index (χ4n) is 2.68. The normalized spacial score (nSPS) is 11.0. The van der Waals surface area contributed by atoms with Crippen LogP contribution < -0.4 is 10.0 Å². The molecule has 2 N–H and O–H groups in total. The average molecular weight is 439 g/mol. The number of hydrogen-bond acceptors (Lipinski definition) is 4. The summed E-state index contributed by atoms with van der Waals surface area (Å²) in [5.41, 5.74) is 2.61. The van der Waals surface area contributed by atoms with Gasteiger partial charge in [0, 0.05) is 22.0 Å². The van der Waals surface area contributed by atoms with Crippen molar-refractivity contribution in [2.24, 2.45) is 0 Å². The van der Waals surface area contributed by atoms with Gasteiger partial charge in [-0.1, -0.05) is 35.9 Å². The molecule has 0 heterocycles. The second kappa shape index (κ2) is 9.65. The van der Waals surface area contributed by atoms with Crippen molar-refractivity contribution in [2.75, 3.05) is 15.8 Å². The highest BCUT2D eigenvalue weighted by molar-refractivity contribution is 7.99. The molecular formula is C23H22N2O3S2. The van der Waals surface area contributed by atoms with Crippen LogP contribution in [0.25, 0.3) is 0 Å². The lowest BCUT2D eigenvalue weighted by molar-refractivity contribution is 0.102. The van der Waals surface area contributed by atoms with Crippen molar-refractivity contribution >= 4 is 39.1 Å². The Kier molecular flexibility index (Phi) is 6.97. The van der Waals surface area contributed by atoms with Crippen LogP contribution in [0.1, 0.15) is 15.9 Å². The predicted octanol–water partition coefficient (Wildman–Crippen LogP) is 5.33. The molecular weight excluding hydrogens is 416 g/mol. The maximum absolute atomic E-state index is 12.7. The lowest BCUT2D eigenvalue weighted by Gasteiger charge is -2.11. The molecule has 0 saturated carbocycles. The van der Waals surface area contributed by atoms with Crippen molar-refractivity contribution in [3.05, 3.63) is 96.6 Å². The Morgan fingerprint density at radius 3 is 2.27 bits per heavy atom. The number of amides is 1. The Labute approximate surface area is 181 Å². The van der Waals surface area contributed by atoms with E-state index in [4.69, 9.17) is 0 Å². The summed E-state index contributed by atoms with van der Waals surface area (Å²) in [7, 11) is -3.72. The van der Waals surface area contributed by atoms with Gasteiger partial charge in [0.15, 0.2) is 0 Å². The van der Waals surface area contributed by atoms with Crippen molar-refractivity contribution in [1.82, 2.24) is 0 Å². The zero-order valence-corrected chi connectivity index (χ0v) is 18.1. The number of nitrogens with one attached hydrogen (secondary N) is 2. The number of benzene rings is 3. The molecule has 30 heavy (non-hydrogen) atoms. The van der Waals surface area contributed by atoms with E-state index in [2.05, 4.69) is 16.6 Å². The summed E-state index contributed by atoms with van der Waals surface area (Å²) in [6, 6.07) is 20.5. The molecule has 0 unspecified atom stereocenters. The van der Waals surface area contributed by atoms with Gasteiger partial charge in [-0.05, 0) is 55.5 Å². The van der Waals surface area contributed by atoms with Crippen LogP contribution in [0.2, 0.25) is 0 Å². The maximum atomic E-state index is 12.7. The Morgan fingerprint density at radius 1 is 0.967 bits per heavy atom. The molecule has 3 rings (SSSR count). The van der Waals surface area contributed by atoms with E-state index in [1.165, 1.54) is 23.9 Å². The Morgan fingerprint density at radius 2 is 1.60 bits per heavy atom. The van der Waals surface area contributed by atoms with Crippen LogP contribution in [0.4, 0.5) is 11.4 Å². The third-order valence-electron chi connectivity index (χ3n) is 4.21. The van der Waals surface area contributed by atoms with Gasteiger partial charge in [0.2, 0.25) is 0 Å². The molecule has 0 aliphatic heterocycles. The molecule has 0 bridgehead atoms. The smallest absolute Gasteiger partial charge is 0.261 e. The fraction of sp³-hybridized carbons (Fsp3) is 0.0870. The zero-order valence-electron chi connectivity index (χ0n) is 16.5. The minimum Gasteiger partial charge on any atom is -0.322 e. The number of rotatable bonds is 8. The van der Waals surface area contributed by atoms with Gasteiger partial charge in [-0.15, -0.1) is 18.3 Å². The van der Waals surface area contributed by atoms with E-state index in [9.17, 15) is 13.2 Å². The Balaban J connectivity index is 1.72. The number of carbonyl (C=O) groups is 1. The molecule has 154 valence electrons. The topological polar surface area (TPSA) is 75.3 Å². The molecule has 0 aromatic heterocycles. The molecule has 5 nitrogen and oxygen atoms in total. The van der Waals surface area contributed by atoms with Gasteiger partial charge in [-0.25, -0.2) is 8.42 Å². The van der Waals surface area contributed by atoms with E-state index in [1.807, 2.05) is 31.2 Å². The van der Waals surface area contributed by atoms with Gasteiger partial charge in [-0.3, -0.25) is 9.52 Å². The van der Waals surface area contributed by atoms with Crippen LogP contribution in [-0.4, -0.2) is 20.1 Å². The molecule has 0 aliphatic rings. The second-order valence-electron chi connectivity index (χ2n) is 6.55. The maximum Gasteiger partial charge on any atom is 0.261 e. The summed E-state index contributed by atoms with van der Waals surface area (Å²) < 4.78 is 27.7. The number of hydrogen-bond donors (Lipinski definition) is 2. The first-order valence-electron chi connectivity index (χ1n) is 9.23. The molecule has 0 spiro atoms. The van der Waals surface area contributed by atoms with Gasteiger partial charge in [0.25, 0.3) is 15.9 Å². The SMILES string of the molecule is C=CCSc1ccccc1C(=O)Nc1ccc(S(=O)(=O)Nc2ccc(C)cc2)cc1. The van der Waals surface area contributed by atoms with Crippen molar-refractivity contribution in [3.63, 3.8) is 0 Å². The van der Waals surface area contributed by atoms with E-state index in [-0.39, 0.29) is 10.8 Å². The van der Waals surface area contributed by atoms with Crippen LogP contribution in [0.3, 0.4) is 0 Å². The minimum atomic E-state index is -3.72. The summed E-state index contributed by atoms with van der Waals surface area (Å²) in [6.07, 6.45) is 1.78. The van der Waals surface area contributed by atoms with Crippen LogP contribution in [0.15, 0.2) is 95.2 Å². The molecule has 3 aromatic rings. The minimum absolute atomic E-state index is 0.114. The zero-order chi connectivity index (χ0) is 21.6. The quantitative estimate of drug-likeness (QED) is 0.368. The highest BCUT2D eigenvalue weighted by Gasteiger charge is 2.15. The van der Waals surface area contributed by atoms with Gasteiger partial charge >= 0.3 is 0 Å². The first-order valence-corrected chi connectivity index (χ1v) is 11.7. The monoisotopic (exact) mass is 438 g/mol. The highest BCUT2D eigenvalue weighted by atomic mass is 32.2. The Bertz CT molecular complexity index is 1140. The molecule has 0 fully saturated rings. The van der Waals surface area contributed by atoms with Gasteiger partial charge in [0.05, 0.1) is 10.5 Å². The predicted molar refractivity (Wildman–Crippen MR) is 124 cm³/mol. The van der Waals surface area contributed by atoms with E-state index in [0.29, 0.717) is 22.7 Å². The van der Waals surface area contributed by atoms with Gasteiger partial charge in [-0.2, -0.15) is 0 Å². The molecule has 0 radical (unpaired) electrons. The number of sulfonamides is 1. The molecule has 0 atom stereocenters. The summed E-state index contributed by atoms with van der Waals surface area (Å²) in [5.74, 6) is 0.445. The second-order valence-corrected chi connectivity index (χ2v) is 9.29.